The Bertz CT molecular complexity index is 188. The van der Waals surface area contributed by atoms with E-state index in [4.69, 9.17) is 5.73 Å². The van der Waals surface area contributed by atoms with E-state index in [9.17, 15) is 0 Å². The maximum atomic E-state index is 6.31. The zero-order valence-electron chi connectivity index (χ0n) is 11.9. The molecule has 0 saturated heterocycles. The molecule has 0 radical (unpaired) electrons. The van der Waals surface area contributed by atoms with E-state index in [0.717, 1.165) is 12.8 Å². The third kappa shape index (κ3) is 3.48. The lowest BCUT2D eigenvalue weighted by molar-refractivity contribution is 0.0455. The smallest absolute Gasteiger partial charge is 0.0128 e. The quantitative estimate of drug-likeness (QED) is 0.697. The van der Waals surface area contributed by atoms with Crippen LogP contribution in [0.5, 0.6) is 0 Å². The molecule has 1 heteroatoms. The molecule has 0 amide bonds. The molecule has 0 spiro atoms. The first-order valence-corrected chi connectivity index (χ1v) is 6.43. The summed E-state index contributed by atoms with van der Waals surface area (Å²) < 4.78 is 0. The molecule has 0 aromatic rings. The molecule has 15 heavy (non-hydrogen) atoms. The van der Waals surface area contributed by atoms with Crippen molar-refractivity contribution in [3.63, 3.8) is 0 Å². The molecule has 0 saturated carbocycles. The maximum absolute atomic E-state index is 6.31. The molecular weight excluding hydrogens is 182 g/mol. The van der Waals surface area contributed by atoms with Crippen LogP contribution >= 0.6 is 0 Å². The number of hydrogen-bond acceptors (Lipinski definition) is 1. The minimum atomic E-state index is -0.0187. The molecule has 0 aliphatic rings. The minimum absolute atomic E-state index is 0.0187. The Morgan fingerprint density at radius 1 is 0.800 bits per heavy atom. The van der Waals surface area contributed by atoms with Crippen LogP contribution in [0, 0.1) is 10.8 Å². The van der Waals surface area contributed by atoms with Crippen molar-refractivity contribution in [2.45, 2.75) is 79.7 Å². The average molecular weight is 213 g/mol. The summed E-state index contributed by atoms with van der Waals surface area (Å²) in [6.45, 7) is 16.1. The van der Waals surface area contributed by atoms with Crippen LogP contribution in [0.15, 0.2) is 0 Å². The van der Waals surface area contributed by atoms with Gasteiger partial charge in [-0.2, -0.15) is 0 Å². The molecule has 1 unspecified atom stereocenters. The first-order valence-electron chi connectivity index (χ1n) is 6.43. The van der Waals surface area contributed by atoms with E-state index < -0.39 is 0 Å². The van der Waals surface area contributed by atoms with Gasteiger partial charge in [-0.15, -0.1) is 0 Å². The lowest BCUT2D eigenvalue weighted by Crippen LogP contribution is -2.45. The molecule has 2 N–H and O–H groups in total. The molecule has 0 aliphatic carbocycles. The van der Waals surface area contributed by atoms with Crippen molar-refractivity contribution in [1.29, 1.82) is 0 Å². The fourth-order valence-corrected chi connectivity index (χ4v) is 2.56. The average Bonchev–Trinajstić information content (AvgIpc) is 2.14. The van der Waals surface area contributed by atoms with Crippen LogP contribution in [0.2, 0.25) is 0 Å². The fraction of sp³-hybridized carbons (Fsp3) is 1.00. The van der Waals surface area contributed by atoms with Gasteiger partial charge in [0, 0.05) is 5.54 Å². The maximum Gasteiger partial charge on any atom is 0.0128 e. The molecular formula is C14H31N. The third-order valence-corrected chi connectivity index (χ3v) is 4.85. The Morgan fingerprint density at radius 3 is 1.47 bits per heavy atom. The van der Waals surface area contributed by atoms with Crippen molar-refractivity contribution in [1.82, 2.24) is 0 Å². The van der Waals surface area contributed by atoms with Crippen molar-refractivity contribution in [2.24, 2.45) is 16.6 Å². The first-order chi connectivity index (χ1) is 6.64. The van der Waals surface area contributed by atoms with Crippen molar-refractivity contribution in [3.8, 4) is 0 Å². The summed E-state index contributed by atoms with van der Waals surface area (Å²) in [7, 11) is 0. The van der Waals surface area contributed by atoms with Crippen LogP contribution in [0.1, 0.15) is 74.1 Å². The number of rotatable bonds is 6. The van der Waals surface area contributed by atoms with Gasteiger partial charge in [-0.05, 0) is 30.6 Å². The van der Waals surface area contributed by atoms with Crippen LogP contribution in [0.25, 0.3) is 0 Å². The third-order valence-electron chi connectivity index (χ3n) is 4.85. The molecule has 0 aromatic carbocycles. The van der Waals surface area contributed by atoms with Crippen LogP contribution in [0.3, 0.4) is 0 Å². The molecule has 0 fully saturated rings. The summed E-state index contributed by atoms with van der Waals surface area (Å²) in [5, 5.41) is 0. The highest BCUT2D eigenvalue weighted by Gasteiger charge is 2.41. The lowest BCUT2D eigenvalue weighted by atomic mass is 9.59. The van der Waals surface area contributed by atoms with E-state index >= 15 is 0 Å². The Kier molecular flexibility index (Phi) is 4.85. The second-order valence-electron chi connectivity index (χ2n) is 6.34. The predicted octanol–water partition coefficient (Wildman–Crippen LogP) is 4.36. The molecule has 0 heterocycles. The molecule has 0 bridgehead atoms. The topological polar surface area (TPSA) is 26.0 Å². The highest BCUT2D eigenvalue weighted by atomic mass is 14.7. The molecule has 1 atom stereocenters. The largest absolute Gasteiger partial charge is 0.325 e. The van der Waals surface area contributed by atoms with E-state index in [1.165, 1.54) is 12.8 Å². The van der Waals surface area contributed by atoms with E-state index in [1.54, 1.807) is 0 Å². The van der Waals surface area contributed by atoms with Gasteiger partial charge < -0.3 is 5.73 Å². The van der Waals surface area contributed by atoms with Gasteiger partial charge in [0.25, 0.3) is 0 Å². The van der Waals surface area contributed by atoms with Crippen molar-refractivity contribution in [3.05, 3.63) is 0 Å². The summed E-state index contributed by atoms with van der Waals surface area (Å²) in [6.07, 6.45) is 4.63. The standard InChI is InChI=1S/C14H31N/c1-8-13(6,9-2)12(4,5)11-14(7,15)10-3/h8-11,15H2,1-7H3. The highest BCUT2D eigenvalue weighted by Crippen LogP contribution is 2.48. The summed E-state index contributed by atoms with van der Waals surface area (Å²) in [5.74, 6) is 0. The summed E-state index contributed by atoms with van der Waals surface area (Å²) in [6, 6.07) is 0. The van der Waals surface area contributed by atoms with Gasteiger partial charge in [-0.25, -0.2) is 0 Å². The van der Waals surface area contributed by atoms with E-state index in [2.05, 4.69) is 48.5 Å². The normalized spacial score (nSPS) is 17.6. The fourth-order valence-electron chi connectivity index (χ4n) is 2.56. The van der Waals surface area contributed by atoms with E-state index in [0.29, 0.717) is 10.8 Å². The first kappa shape index (κ1) is 15.0. The van der Waals surface area contributed by atoms with Crippen LogP contribution < -0.4 is 5.73 Å². The summed E-state index contributed by atoms with van der Waals surface area (Å²) in [5.41, 5.74) is 7.01. The molecule has 1 nitrogen and oxygen atoms in total. The number of hydrogen-bond donors (Lipinski definition) is 1. The van der Waals surface area contributed by atoms with Gasteiger partial charge in [0.2, 0.25) is 0 Å². The van der Waals surface area contributed by atoms with Crippen LogP contribution in [-0.4, -0.2) is 5.54 Å². The Morgan fingerprint density at radius 2 is 1.20 bits per heavy atom. The highest BCUT2D eigenvalue weighted by molar-refractivity contribution is 4.94. The predicted molar refractivity (Wildman–Crippen MR) is 70.0 cm³/mol. The zero-order chi connectivity index (χ0) is 12.3. The lowest BCUT2D eigenvalue weighted by Gasteiger charge is -2.47. The van der Waals surface area contributed by atoms with E-state index in [-0.39, 0.29) is 5.54 Å². The minimum Gasteiger partial charge on any atom is -0.325 e. The monoisotopic (exact) mass is 213 g/mol. The summed E-state index contributed by atoms with van der Waals surface area (Å²) >= 11 is 0. The molecule has 0 aliphatic heterocycles. The van der Waals surface area contributed by atoms with Crippen molar-refractivity contribution >= 4 is 0 Å². The van der Waals surface area contributed by atoms with Gasteiger partial charge in [-0.3, -0.25) is 0 Å². The second kappa shape index (κ2) is 4.86. The Balaban J connectivity index is 4.81. The van der Waals surface area contributed by atoms with Crippen LogP contribution in [-0.2, 0) is 0 Å². The van der Waals surface area contributed by atoms with Gasteiger partial charge in [0.05, 0.1) is 0 Å². The van der Waals surface area contributed by atoms with Gasteiger partial charge in [0.1, 0.15) is 0 Å². The van der Waals surface area contributed by atoms with E-state index in [1.807, 2.05) is 0 Å². The van der Waals surface area contributed by atoms with Crippen LogP contribution in [0.4, 0.5) is 0 Å². The van der Waals surface area contributed by atoms with Gasteiger partial charge in [0.15, 0.2) is 0 Å². The molecule has 0 rings (SSSR count). The Hall–Kier alpha value is -0.0400. The molecule has 92 valence electrons. The summed E-state index contributed by atoms with van der Waals surface area (Å²) in [4.78, 5) is 0. The Labute approximate surface area is 96.8 Å². The van der Waals surface area contributed by atoms with Gasteiger partial charge in [-0.1, -0.05) is 54.4 Å². The van der Waals surface area contributed by atoms with Crippen molar-refractivity contribution in [2.75, 3.05) is 0 Å². The molecule has 0 aromatic heterocycles. The number of nitrogens with two attached hydrogens (primary N) is 1. The zero-order valence-corrected chi connectivity index (χ0v) is 11.9. The second-order valence-corrected chi connectivity index (χ2v) is 6.34. The SMILES string of the molecule is CCC(C)(N)CC(C)(C)C(C)(CC)CC. The van der Waals surface area contributed by atoms with Crippen molar-refractivity contribution < 1.29 is 0 Å². The van der Waals surface area contributed by atoms with Gasteiger partial charge >= 0.3 is 0 Å².